The number of piperazine rings is 1. The molecule has 1 aromatic heterocycles. The van der Waals surface area contributed by atoms with Gasteiger partial charge in [-0.25, -0.2) is 0 Å². The number of hydrogen-bond acceptors (Lipinski definition) is 3. The molecule has 0 bridgehead atoms. The lowest BCUT2D eigenvalue weighted by Gasteiger charge is -2.36. The third-order valence-corrected chi connectivity index (χ3v) is 4.80. The topological polar surface area (TPSA) is 24.3 Å². The van der Waals surface area contributed by atoms with Gasteiger partial charge in [-0.2, -0.15) is 5.10 Å². The van der Waals surface area contributed by atoms with Gasteiger partial charge < -0.3 is 0 Å². The molecule has 2 rings (SSSR count). The molecule has 2 heterocycles. The zero-order valence-electron chi connectivity index (χ0n) is 19.6. The van der Waals surface area contributed by atoms with Crippen LogP contribution in [0.5, 0.6) is 0 Å². The molecule has 0 spiro atoms. The normalized spacial score (nSPS) is 16.0. The average molecular weight is 367 g/mol. The molecule has 0 atom stereocenters. The van der Waals surface area contributed by atoms with Crippen molar-refractivity contribution in [1.82, 2.24) is 19.6 Å². The third-order valence-electron chi connectivity index (χ3n) is 4.80. The second kappa shape index (κ2) is 11.8. The van der Waals surface area contributed by atoms with Crippen LogP contribution in [0, 0.1) is 0 Å². The Labute approximate surface area is 163 Å². The van der Waals surface area contributed by atoms with Crippen molar-refractivity contribution in [3.8, 4) is 0 Å². The molecular formula is C22H46N4. The summed E-state index contributed by atoms with van der Waals surface area (Å²) in [5, 5.41) is 4.86. The molecule has 0 radical (unpaired) electrons. The van der Waals surface area contributed by atoms with Crippen molar-refractivity contribution in [2.45, 2.75) is 93.7 Å². The van der Waals surface area contributed by atoms with Gasteiger partial charge in [0.25, 0.3) is 0 Å². The summed E-state index contributed by atoms with van der Waals surface area (Å²) in [5.41, 5.74) is 4.29. The van der Waals surface area contributed by atoms with Gasteiger partial charge in [0.05, 0.1) is 5.69 Å². The van der Waals surface area contributed by atoms with E-state index < -0.39 is 0 Å². The zero-order valence-corrected chi connectivity index (χ0v) is 19.6. The van der Waals surface area contributed by atoms with Crippen LogP contribution in [0.25, 0.3) is 0 Å². The van der Waals surface area contributed by atoms with Crippen LogP contribution in [0.3, 0.4) is 0 Å². The minimum atomic E-state index is 0.154. The van der Waals surface area contributed by atoms with E-state index in [0.29, 0.717) is 6.04 Å². The van der Waals surface area contributed by atoms with E-state index in [4.69, 9.17) is 5.10 Å². The van der Waals surface area contributed by atoms with E-state index in [9.17, 15) is 0 Å². The molecule has 0 unspecified atom stereocenters. The van der Waals surface area contributed by atoms with Crippen LogP contribution < -0.4 is 0 Å². The second-order valence-corrected chi connectivity index (χ2v) is 7.91. The minimum absolute atomic E-state index is 0.154. The van der Waals surface area contributed by atoms with E-state index in [1.807, 2.05) is 27.7 Å². The van der Waals surface area contributed by atoms with Gasteiger partial charge in [-0.1, -0.05) is 55.4 Å². The second-order valence-electron chi connectivity index (χ2n) is 7.91. The van der Waals surface area contributed by atoms with E-state index in [2.05, 4.69) is 63.1 Å². The summed E-state index contributed by atoms with van der Waals surface area (Å²) in [7, 11) is 2.10. The molecule has 1 saturated heterocycles. The van der Waals surface area contributed by atoms with Gasteiger partial charge in [-0.05, 0) is 25.8 Å². The first-order valence-electron chi connectivity index (χ1n) is 10.8. The van der Waals surface area contributed by atoms with Crippen LogP contribution in [0.2, 0.25) is 0 Å². The lowest BCUT2D eigenvalue weighted by molar-refractivity contribution is 0.103. The number of nitrogens with zero attached hydrogens (tertiary/aromatic N) is 4. The van der Waals surface area contributed by atoms with E-state index in [1.54, 1.807) is 0 Å². The lowest BCUT2D eigenvalue weighted by atomic mass is 9.87. The largest absolute Gasteiger partial charge is 0.298 e. The van der Waals surface area contributed by atoms with Crippen LogP contribution in [-0.4, -0.2) is 51.8 Å². The van der Waals surface area contributed by atoms with E-state index >= 15 is 0 Å². The van der Waals surface area contributed by atoms with Crippen LogP contribution in [-0.2, 0) is 25.4 Å². The molecule has 1 aliphatic rings. The fourth-order valence-corrected chi connectivity index (χ4v) is 3.71. The summed E-state index contributed by atoms with van der Waals surface area (Å²) in [5.74, 6) is 0. The third kappa shape index (κ3) is 6.70. The molecular weight excluding hydrogens is 320 g/mol. The molecule has 0 N–H and O–H groups in total. The predicted octanol–water partition coefficient (Wildman–Crippen LogP) is 4.86. The Morgan fingerprint density at radius 2 is 1.46 bits per heavy atom. The van der Waals surface area contributed by atoms with Crippen LogP contribution in [0.15, 0.2) is 0 Å². The predicted molar refractivity (Wildman–Crippen MR) is 116 cm³/mol. The summed E-state index contributed by atoms with van der Waals surface area (Å²) in [6.45, 7) is 27.4. The van der Waals surface area contributed by atoms with Gasteiger partial charge in [0.15, 0.2) is 0 Å². The van der Waals surface area contributed by atoms with Gasteiger partial charge in [-0.3, -0.25) is 14.5 Å². The minimum Gasteiger partial charge on any atom is -0.298 e. The quantitative estimate of drug-likeness (QED) is 0.760. The fourth-order valence-electron chi connectivity index (χ4n) is 3.71. The Bertz CT molecular complexity index is 489. The maximum atomic E-state index is 4.86. The molecule has 0 saturated carbocycles. The highest BCUT2D eigenvalue weighted by atomic mass is 15.3. The SMILES string of the molecule is CC.CC.CCc1c(CN2CCN(C(C)C)CC2)nn(C)c1C(C)(C)C. The molecule has 0 amide bonds. The molecule has 0 aliphatic carbocycles. The van der Waals surface area contributed by atoms with Crippen molar-refractivity contribution in [1.29, 1.82) is 0 Å². The molecule has 154 valence electrons. The number of hydrogen-bond donors (Lipinski definition) is 0. The Balaban J connectivity index is 0.00000146. The number of aromatic nitrogens is 2. The van der Waals surface area contributed by atoms with Crippen molar-refractivity contribution in [2.24, 2.45) is 7.05 Å². The van der Waals surface area contributed by atoms with Gasteiger partial charge in [-0.15, -0.1) is 0 Å². The van der Waals surface area contributed by atoms with Crippen LogP contribution in [0.4, 0.5) is 0 Å². The molecule has 0 aromatic carbocycles. The van der Waals surface area contributed by atoms with Gasteiger partial charge in [0.1, 0.15) is 0 Å². The summed E-state index contributed by atoms with van der Waals surface area (Å²) < 4.78 is 2.11. The summed E-state index contributed by atoms with van der Waals surface area (Å²) >= 11 is 0. The fraction of sp³-hybridized carbons (Fsp3) is 0.864. The van der Waals surface area contributed by atoms with Crippen molar-refractivity contribution in [3.05, 3.63) is 17.0 Å². The highest BCUT2D eigenvalue weighted by Gasteiger charge is 2.27. The number of aryl methyl sites for hydroxylation is 1. The van der Waals surface area contributed by atoms with Gasteiger partial charge in [0.2, 0.25) is 0 Å². The van der Waals surface area contributed by atoms with E-state index in [1.165, 1.54) is 30.0 Å². The van der Waals surface area contributed by atoms with Gasteiger partial charge >= 0.3 is 0 Å². The summed E-state index contributed by atoms with van der Waals surface area (Å²) in [6, 6.07) is 0.663. The Morgan fingerprint density at radius 1 is 0.962 bits per heavy atom. The monoisotopic (exact) mass is 366 g/mol. The lowest BCUT2D eigenvalue weighted by Crippen LogP contribution is -2.48. The average Bonchev–Trinajstić information content (AvgIpc) is 2.94. The first-order valence-corrected chi connectivity index (χ1v) is 10.8. The first-order chi connectivity index (χ1) is 12.2. The maximum Gasteiger partial charge on any atom is 0.0799 e. The molecule has 1 fully saturated rings. The highest BCUT2D eigenvalue weighted by Crippen LogP contribution is 2.28. The Kier molecular flexibility index (Phi) is 11.4. The number of rotatable bonds is 4. The standard InChI is InChI=1S/C18H34N4.2C2H6/c1-8-15-16(19-20(7)17(15)18(4,5)6)13-21-9-11-22(12-10-21)14(2)3;2*1-2/h14H,8-13H2,1-7H3;2*1-2H3. The Morgan fingerprint density at radius 3 is 1.85 bits per heavy atom. The smallest absolute Gasteiger partial charge is 0.0799 e. The molecule has 26 heavy (non-hydrogen) atoms. The van der Waals surface area contributed by atoms with Crippen molar-refractivity contribution < 1.29 is 0 Å². The maximum absolute atomic E-state index is 4.86. The summed E-state index contributed by atoms with van der Waals surface area (Å²) in [4.78, 5) is 5.13. The van der Waals surface area contributed by atoms with Crippen LogP contribution >= 0.6 is 0 Å². The van der Waals surface area contributed by atoms with E-state index in [0.717, 1.165) is 26.1 Å². The highest BCUT2D eigenvalue weighted by molar-refractivity contribution is 5.31. The molecule has 4 nitrogen and oxygen atoms in total. The van der Waals surface area contributed by atoms with E-state index in [-0.39, 0.29) is 5.41 Å². The van der Waals surface area contributed by atoms with Gasteiger partial charge in [0, 0.05) is 56.9 Å². The molecule has 4 heteroatoms. The molecule has 1 aliphatic heterocycles. The summed E-state index contributed by atoms with van der Waals surface area (Å²) in [6.07, 6.45) is 1.07. The van der Waals surface area contributed by atoms with Crippen molar-refractivity contribution >= 4 is 0 Å². The first kappa shape index (κ1) is 25.1. The molecule has 1 aromatic rings. The van der Waals surface area contributed by atoms with Crippen molar-refractivity contribution in [2.75, 3.05) is 26.2 Å². The zero-order chi connectivity index (χ0) is 20.5. The van der Waals surface area contributed by atoms with Crippen LogP contribution in [0.1, 0.15) is 86.2 Å². The van der Waals surface area contributed by atoms with Crippen molar-refractivity contribution in [3.63, 3.8) is 0 Å². The Hall–Kier alpha value is -0.870.